The average Bonchev–Trinajstić information content (AvgIpc) is 2.77. The van der Waals surface area contributed by atoms with Crippen molar-refractivity contribution < 1.29 is 9.53 Å². The molecule has 2 aliphatic heterocycles. The minimum absolute atomic E-state index is 0. The quantitative estimate of drug-likeness (QED) is 0.915. The summed E-state index contributed by atoms with van der Waals surface area (Å²) in [5.41, 5.74) is 1.14. The number of nitrogens with one attached hydrogen (secondary N) is 1. The van der Waals surface area contributed by atoms with Crippen LogP contribution in [0.5, 0.6) is 5.75 Å². The molecule has 2 aliphatic rings. The molecule has 0 radical (unpaired) electrons. The lowest BCUT2D eigenvalue weighted by Gasteiger charge is -2.28. The lowest BCUT2D eigenvalue weighted by molar-refractivity contribution is 0.178. The summed E-state index contributed by atoms with van der Waals surface area (Å²) in [4.78, 5) is 16.2. The van der Waals surface area contributed by atoms with Crippen molar-refractivity contribution >= 4 is 18.4 Å². The van der Waals surface area contributed by atoms with Crippen LogP contribution in [0.2, 0.25) is 0 Å². The van der Waals surface area contributed by atoms with Crippen LogP contribution in [0.3, 0.4) is 0 Å². The fourth-order valence-electron chi connectivity index (χ4n) is 2.77. The molecule has 5 nitrogen and oxygen atoms in total. The molecule has 110 valence electrons. The maximum absolute atomic E-state index is 12.3. The Morgan fingerprint density at radius 2 is 2.10 bits per heavy atom. The van der Waals surface area contributed by atoms with Crippen molar-refractivity contribution in [1.82, 2.24) is 15.1 Å². The predicted molar refractivity (Wildman–Crippen MR) is 79.4 cm³/mol. The SMILES string of the molecule is COc1ccc(CN2C[C@@H]3CNCCN3C2=O)cc1.Cl. The zero-order valence-corrected chi connectivity index (χ0v) is 12.4. The normalized spacial score (nSPS) is 21.4. The lowest BCUT2D eigenvalue weighted by Crippen LogP contribution is -2.49. The van der Waals surface area contributed by atoms with Gasteiger partial charge in [-0.2, -0.15) is 0 Å². The third-order valence-corrected chi connectivity index (χ3v) is 3.83. The van der Waals surface area contributed by atoms with E-state index in [4.69, 9.17) is 4.74 Å². The standard InChI is InChI=1S/C14H19N3O2.ClH/c1-19-13-4-2-11(3-5-13)9-16-10-12-8-15-6-7-17(12)14(16)18;/h2-5,12,15H,6-10H2,1H3;1H/t12-;/m0./s1. The molecular weight excluding hydrogens is 278 g/mol. The first-order valence-electron chi connectivity index (χ1n) is 6.67. The highest BCUT2D eigenvalue weighted by Crippen LogP contribution is 2.20. The zero-order chi connectivity index (χ0) is 13.2. The van der Waals surface area contributed by atoms with Gasteiger partial charge in [-0.3, -0.25) is 0 Å². The summed E-state index contributed by atoms with van der Waals surface area (Å²) >= 11 is 0. The van der Waals surface area contributed by atoms with E-state index in [-0.39, 0.29) is 18.4 Å². The third kappa shape index (κ3) is 2.83. The highest BCUT2D eigenvalue weighted by Gasteiger charge is 2.38. The van der Waals surface area contributed by atoms with E-state index in [2.05, 4.69) is 5.32 Å². The monoisotopic (exact) mass is 297 g/mol. The minimum atomic E-state index is 0. The second kappa shape index (κ2) is 6.33. The molecule has 0 aliphatic carbocycles. The molecule has 1 aromatic carbocycles. The Kier molecular flexibility index (Phi) is 4.73. The fraction of sp³-hybridized carbons (Fsp3) is 0.500. The number of fused-ring (bicyclic) bond motifs is 1. The number of methoxy groups -OCH3 is 1. The van der Waals surface area contributed by atoms with Crippen LogP contribution in [0.15, 0.2) is 24.3 Å². The van der Waals surface area contributed by atoms with E-state index in [1.807, 2.05) is 34.1 Å². The molecule has 2 amide bonds. The van der Waals surface area contributed by atoms with Crippen molar-refractivity contribution in [3.63, 3.8) is 0 Å². The predicted octanol–water partition coefficient (Wildman–Crippen LogP) is 1.33. The molecule has 0 bridgehead atoms. The molecule has 1 aromatic rings. The number of piperazine rings is 1. The molecule has 3 rings (SSSR count). The van der Waals surface area contributed by atoms with Crippen LogP contribution >= 0.6 is 12.4 Å². The molecule has 6 heteroatoms. The van der Waals surface area contributed by atoms with Crippen LogP contribution in [0.4, 0.5) is 4.79 Å². The van der Waals surface area contributed by atoms with Crippen LogP contribution in [0.1, 0.15) is 5.56 Å². The van der Waals surface area contributed by atoms with Gasteiger partial charge < -0.3 is 19.9 Å². The van der Waals surface area contributed by atoms with E-state index in [1.54, 1.807) is 7.11 Å². The average molecular weight is 298 g/mol. The van der Waals surface area contributed by atoms with Crippen molar-refractivity contribution in [2.45, 2.75) is 12.6 Å². The van der Waals surface area contributed by atoms with Gasteiger partial charge in [0, 0.05) is 32.7 Å². The van der Waals surface area contributed by atoms with Gasteiger partial charge in [0.2, 0.25) is 0 Å². The Morgan fingerprint density at radius 1 is 1.35 bits per heavy atom. The molecule has 20 heavy (non-hydrogen) atoms. The van der Waals surface area contributed by atoms with Crippen LogP contribution in [-0.4, -0.2) is 55.2 Å². The van der Waals surface area contributed by atoms with Crippen LogP contribution in [0, 0.1) is 0 Å². The topological polar surface area (TPSA) is 44.8 Å². The number of halogens is 1. The van der Waals surface area contributed by atoms with E-state index < -0.39 is 0 Å². The van der Waals surface area contributed by atoms with E-state index in [1.165, 1.54) is 0 Å². The van der Waals surface area contributed by atoms with Gasteiger partial charge in [-0.1, -0.05) is 12.1 Å². The highest BCUT2D eigenvalue weighted by atomic mass is 35.5. The lowest BCUT2D eigenvalue weighted by atomic mass is 10.2. The fourth-order valence-corrected chi connectivity index (χ4v) is 2.77. The number of carbonyl (C=O) groups is 1. The highest BCUT2D eigenvalue weighted by molar-refractivity contribution is 5.85. The molecule has 0 saturated carbocycles. The van der Waals surface area contributed by atoms with Crippen LogP contribution in [0.25, 0.3) is 0 Å². The molecule has 1 N–H and O–H groups in total. The van der Waals surface area contributed by atoms with Crippen molar-refractivity contribution in [2.24, 2.45) is 0 Å². The van der Waals surface area contributed by atoms with Crippen molar-refractivity contribution in [3.8, 4) is 5.75 Å². The summed E-state index contributed by atoms with van der Waals surface area (Å²) in [6.07, 6.45) is 0. The zero-order valence-electron chi connectivity index (χ0n) is 11.5. The van der Waals surface area contributed by atoms with E-state index in [0.717, 1.165) is 37.5 Å². The number of hydrogen-bond donors (Lipinski definition) is 1. The Hall–Kier alpha value is -1.46. The number of carbonyl (C=O) groups excluding carboxylic acids is 1. The van der Waals surface area contributed by atoms with Gasteiger partial charge in [0.1, 0.15) is 5.75 Å². The van der Waals surface area contributed by atoms with Crippen LogP contribution in [-0.2, 0) is 6.54 Å². The largest absolute Gasteiger partial charge is 0.497 e. The molecule has 2 heterocycles. The van der Waals surface area contributed by atoms with Crippen molar-refractivity contribution in [3.05, 3.63) is 29.8 Å². The first-order chi connectivity index (χ1) is 9.28. The Bertz CT molecular complexity index is 466. The Morgan fingerprint density at radius 3 is 2.75 bits per heavy atom. The minimum Gasteiger partial charge on any atom is -0.497 e. The maximum atomic E-state index is 12.3. The third-order valence-electron chi connectivity index (χ3n) is 3.83. The van der Waals surface area contributed by atoms with Gasteiger partial charge in [0.25, 0.3) is 0 Å². The van der Waals surface area contributed by atoms with E-state index in [9.17, 15) is 4.79 Å². The molecule has 0 aromatic heterocycles. The summed E-state index contributed by atoms with van der Waals surface area (Å²) in [6.45, 7) is 4.12. The van der Waals surface area contributed by atoms with Gasteiger partial charge >= 0.3 is 6.03 Å². The van der Waals surface area contributed by atoms with E-state index >= 15 is 0 Å². The number of urea groups is 1. The summed E-state index contributed by atoms with van der Waals surface area (Å²) in [5, 5.41) is 3.34. The molecule has 0 unspecified atom stereocenters. The second-order valence-corrected chi connectivity index (χ2v) is 5.06. The molecule has 2 saturated heterocycles. The molecule has 1 atom stereocenters. The van der Waals surface area contributed by atoms with Crippen molar-refractivity contribution in [1.29, 1.82) is 0 Å². The van der Waals surface area contributed by atoms with Gasteiger partial charge in [0.15, 0.2) is 0 Å². The molecular formula is C14H20ClN3O2. The van der Waals surface area contributed by atoms with Gasteiger partial charge in [-0.15, -0.1) is 12.4 Å². The number of ether oxygens (including phenoxy) is 1. The van der Waals surface area contributed by atoms with Crippen LogP contribution < -0.4 is 10.1 Å². The number of hydrogen-bond acceptors (Lipinski definition) is 3. The first kappa shape index (κ1) is 14.9. The maximum Gasteiger partial charge on any atom is 0.320 e. The molecule has 0 spiro atoms. The number of nitrogens with zero attached hydrogens (tertiary/aromatic N) is 2. The summed E-state index contributed by atoms with van der Waals surface area (Å²) in [7, 11) is 1.66. The smallest absolute Gasteiger partial charge is 0.320 e. The summed E-state index contributed by atoms with van der Waals surface area (Å²) in [6, 6.07) is 8.40. The van der Waals surface area contributed by atoms with Gasteiger partial charge in [-0.05, 0) is 17.7 Å². The Balaban J connectivity index is 0.00000147. The Labute approximate surface area is 125 Å². The summed E-state index contributed by atoms with van der Waals surface area (Å²) in [5.74, 6) is 0.845. The molecule has 2 fully saturated rings. The second-order valence-electron chi connectivity index (χ2n) is 5.06. The summed E-state index contributed by atoms with van der Waals surface area (Å²) < 4.78 is 5.14. The first-order valence-corrected chi connectivity index (χ1v) is 6.67. The van der Waals surface area contributed by atoms with Crippen molar-refractivity contribution in [2.75, 3.05) is 33.3 Å². The van der Waals surface area contributed by atoms with E-state index in [0.29, 0.717) is 12.6 Å². The number of rotatable bonds is 3. The number of amides is 2. The number of benzene rings is 1. The van der Waals surface area contributed by atoms with Gasteiger partial charge in [0.05, 0.1) is 13.2 Å². The van der Waals surface area contributed by atoms with Gasteiger partial charge in [-0.25, -0.2) is 4.79 Å².